The Morgan fingerprint density at radius 3 is 2.47 bits per heavy atom. The van der Waals surface area contributed by atoms with Crippen LogP contribution >= 0.6 is 0 Å². The molecule has 0 bridgehead atoms. The van der Waals surface area contributed by atoms with E-state index in [4.69, 9.17) is 4.74 Å². The van der Waals surface area contributed by atoms with Crippen LogP contribution in [0.25, 0.3) is 0 Å². The van der Waals surface area contributed by atoms with Crippen LogP contribution in [0.3, 0.4) is 0 Å². The molecule has 0 unspecified atom stereocenters. The van der Waals surface area contributed by atoms with Crippen LogP contribution in [0, 0.1) is 5.92 Å². The Balaban J connectivity index is 2.28. The van der Waals surface area contributed by atoms with Gasteiger partial charge in [-0.15, -0.1) is 0 Å². The van der Waals surface area contributed by atoms with Gasteiger partial charge in [-0.1, -0.05) is 26.2 Å². The lowest BCUT2D eigenvalue weighted by molar-refractivity contribution is 0.148. The van der Waals surface area contributed by atoms with Gasteiger partial charge in [-0.3, -0.25) is 0 Å². The molecule has 1 aliphatic carbocycles. The van der Waals surface area contributed by atoms with Crippen LogP contribution in [0.5, 0.6) is 0 Å². The predicted octanol–water partition coefficient (Wildman–Crippen LogP) is 2.97. The molecule has 0 aliphatic heterocycles. The molecule has 1 N–H and O–H groups in total. The number of methoxy groups -OCH3 is 1. The fourth-order valence-corrected chi connectivity index (χ4v) is 2.63. The first-order chi connectivity index (χ1) is 7.27. The smallest absolute Gasteiger partial charge is 0.0615 e. The van der Waals surface area contributed by atoms with Crippen molar-refractivity contribution in [2.75, 3.05) is 13.7 Å². The molecule has 0 radical (unpaired) electrons. The van der Waals surface area contributed by atoms with E-state index in [9.17, 15) is 0 Å². The van der Waals surface area contributed by atoms with E-state index in [2.05, 4.69) is 19.2 Å². The molecule has 1 aliphatic rings. The second kappa shape index (κ2) is 7.24. The van der Waals surface area contributed by atoms with Crippen molar-refractivity contribution >= 4 is 0 Å². The maximum atomic E-state index is 5.22. The van der Waals surface area contributed by atoms with Crippen LogP contribution in [-0.4, -0.2) is 25.8 Å². The van der Waals surface area contributed by atoms with Gasteiger partial charge in [0.05, 0.1) is 6.61 Å². The van der Waals surface area contributed by atoms with Crippen molar-refractivity contribution in [3.63, 3.8) is 0 Å². The molecule has 2 heteroatoms. The molecule has 1 saturated carbocycles. The molecule has 0 spiro atoms. The van der Waals surface area contributed by atoms with Gasteiger partial charge < -0.3 is 10.1 Å². The summed E-state index contributed by atoms with van der Waals surface area (Å²) in [5.41, 5.74) is 0. The number of hydrogen-bond donors (Lipinski definition) is 1. The first kappa shape index (κ1) is 13.0. The van der Waals surface area contributed by atoms with Crippen LogP contribution in [0.15, 0.2) is 0 Å². The largest absolute Gasteiger partial charge is 0.383 e. The highest BCUT2D eigenvalue weighted by molar-refractivity contribution is 4.79. The topological polar surface area (TPSA) is 21.3 Å². The first-order valence-electron chi connectivity index (χ1n) is 6.53. The SMILES string of the molecule is CC[C@@H](COC)N[C@H](C)C1CCCCC1. The Hall–Kier alpha value is -0.0800. The Labute approximate surface area is 94.8 Å². The normalized spacial score (nSPS) is 22.6. The molecule has 90 valence electrons. The van der Waals surface area contributed by atoms with Crippen LogP contribution in [0.2, 0.25) is 0 Å². The van der Waals surface area contributed by atoms with E-state index in [1.165, 1.54) is 32.1 Å². The molecule has 0 saturated heterocycles. The van der Waals surface area contributed by atoms with Crippen LogP contribution < -0.4 is 5.32 Å². The third-order valence-corrected chi connectivity index (χ3v) is 3.72. The lowest BCUT2D eigenvalue weighted by Crippen LogP contribution is -2.43. The van der Waals surface area contributed by atoms with Crippen LogP contribution in [-0.2, 0) is 4.74 Å². The quantitative estimate of drug-likeness (QED) is 0.732. The molecule has 0 aromatic heterocycles. The summed E-state index contributed by atoms with van der Waals surface area (Å²) in [4.78, 5) is 0. The van der Waals surface area contributed by atoms with E-state index in [0.717, 1.165) is 18.9 Å². The van der Waals surface area contributed by atoms with Crippen LogP contribution in [0.1, 0.15) is 52.4 Å². The number of nitrogens with one attached hydrogen (secondary N) is 1. The van der Waals surface area contributed by atoms with E-state index in [1.54, 1.807) is 7.11 Å². The van der Waals surface area contributed by atoms with Gasteiger partial charge in [0, 0.05) is 19.2 Å². The van der Waals surface area contributed by atoms with Gasteiger partial charge in [-0.25, -0.2) is 0 Å². The molecule has 1 fully saturated rings. The first-order valence-corrected chi connectivity index (χ1v) is 6.53. The van der Waals surface area contributed by atoms with E-state index < -0.39 is 0 Å². The van der Waals surface area contributed by atoms with Crippen molar-refractivity contribution in [2.45, 2.75) is 64.5 Å². The zero-order chi connectivity index (χ0) is 11.1. The van der Waals surface area contributed by atoms with Gasteiger partial charge in [-0.2, -0.15) is 0 Å². The average molecular weight is 213 g/mol. The van der Waals surface area contributed by atoms with E-state index in [0.29, 0.717) is 12.1 Å². The molecule has 1 rings (SSSR count). The lowest BCUT2D eigenvalue weighted by Gasteiger charge is -2.31. The number of hydrogen-bond acceptors (Lipinski definition) is 2. The van der Waals surface area contributed by atoms with E-state index >= 15 is 0 Å². The summed E-state index contributed by atoms with van der Waals surface area (Å²) in [5.74, 6) is 0.893. The highest BCUT2D eigenvalue weighted by Gasteiger charge is 2.21. The summed E-state index contributed by atoms with van der Waals surface area (Å²) in [5, 5.41) is 3.71. The molecule has 0 aromatic rings. The average Bonchev–Trinajstić information content (AvgIpc) is 2.29. The predicted molar refractivity (Wildman–Crippen MR) is 65.1 cm³/mol. The monoisotopic (exact) mass is 213 g/mol. The maximum absolute atomic E-state index is 5.22. The zero-order valence-corrected chi connectivity index (χ0v) is 10.6. The molecule has 0 heterocycles. The van der Waals surface area contributed by atoms with Crippen molar-refractivity contribution in [1.82, 2.24) is 5.32 Å². The van der Waals surface area contributed by atoms with Crippen molar-refractivity contribution in [3.8, 4) is 0 Å². The minimum Gasteiger partial charge on any atom is -0.383 e. The number of ether oxygens (including phenoxy) is 1. The standard InChI is InChI=1S/C13H27NO/c1-4-13(10-15-3)14-11(2)12-8-6-5-7-9-12/h11-14H,4-10H2,1-3H3/t11-,13+/m1/s1. The summed E-state index contributed by atoms with van der Waals surface area (Å²) in [7, 11) is 1.79. The maximum Gasteiger partial charge on any atom is 0.0615 e. The molecular weight excluding hydrogens is 186 g/mol. The summed E-state index contributed by atoms with van der Waals surface area (Å²) in [6.07, 6.45) is 8.29. The molecule has 0 aromatic carbocycles. The summed E-state index contributed by atoms with van der Waals surface area (Å²) < 4.78 is 5.22. The Morgan fingerprint density at radius 2 is 1.93 bits per heavy atom. The minimum atomic E-state index is 0.534. The molecule has 2 nitrogen and oxygen atoms in total. The zero-order valence-electron chi connectivity index (χ0n) is 10.6. The minimum absolute atomic E-state index is 0.534. The van der Waals surface area contributed by atoms with E-state index in [-0.39, 0.29) is 0 Å². The fourth-order valence-electron chi connectivity index (χ4n) is 2.63. The van der Waals surface area contributed by atoms with Crippen molar-refractivity contribution in [2.24, 2.45) is 5.92 Å². The van der Waals surface area contributed by atoms with Crippen molar-refractivity contribution in [3.05, 3.63) is 0 Å². The molecule has 2 atom stereocenters. The second-order valence-corrected chi connectivity index (χ2v) is 4.91. The Morgan fingerprint density at radius 1 is 1.27 bits per heavy atom. The fraction of sp³-hybridized carbons (Fsp3) is 1.00. The third-order valence-electron chi connectivity index (χ3n) is 3.72. The molecule has 15 heavy (non-hydrogen) atoms. The third kappa shape index (κ3) is 4.52. The summed E-state index contributed by atoms with van der Waals surface area (Å²) in [6.45, 7) is 5.41. The van der Waals surface area contributed by atoms with Gasteiger partial charge in [0.25, 0.3) is 0 Å². The molecule has 0 amide bonds. The van der Waals surface area contributed by atoms with Gasteiger partial charge in [-0.05, 0) is 32.1 Å². The van der Waals surface area contributed by atoms with Crippen molar-refractivity contribution in [1.29, 1.82) is 0 Å². The second-order valence-electron chi connectivity index (χ2n) is 4.91. The highest BCUT2D eigenvalue weighted by atomic mass is 16.5. The Bertz CT molecular complexity index is 155. The van der Waals surface area contributed by atoms with Gasteiger partial charge in [0.15, 0.2) is 0 Å². The Kier molecular flexibility index (Phi) is 6.26. The summed E-state index contributed by atoms with van der Waals surface area (Å²) in [6, 6.07) is 1.19. The van der Waals surface area contributed by atoms with Gasteiger partial charge in [0.1, 0.15) is 0 Å². The number of rotatable bonds is 6. The van der Waals surface area contributed by atoms with Crippen molar-refractivity contribution < 1.29 is 4.74 Å². The lowest BCUT2D eigenvalue weighted by atomic mass is 9.84. The van der Waals surface area contributed by atoms with Gasteiger partial charge in [0.2, 0.25) is 0 Å². The summed E-state index contributed by atoms with van der Waals surface area (Å²) >= 11 is 0. The molecular formula is C13H27NO. The highest BCUT2D eigenvalue weighted by Crippen LogP contribution is 2.26. The van der Waals surface area contributed by atoms with Gasteiger partial charge >= 0.3 is 0 Å². The van der Waals surface area contributed by atoms with Crippen LogP contribution in [0.4, 0.5) is 0 Å². The van der Waals surface area contributed by atoms with E-state index in [1.807, 2.05) is 0 Å².